The average Bonchev–Trinajstić information content (AvgIpc) is 2.36. The first kappa shape index (κ1) is 16.3. The number of rotatable bonds is 4. The summed E-state index contributed by atoms with van der Waals surface area (Å²) in [7, 11) is 2.74. The number of esters is 2. The Morgan fingerprint density at radius 3 is 1.30 bits per heavy atom. The van der Waals surface area contributed by atoms with Gasteiger partial charge in [-0.25, -0.2) is 0 Å². The predicted octanol–water partition coefficient (Wildman–Crippen LogP) is 0.769. The highest BCUT2D eigenvalue weighted by Gasteiger charge is 2.35. The van der Waals surface area contributed by atoms with Crippen molar-refractivity contribution in [3.8, 4) is 0 Å². The largest absolute Gasteiger partial charge is 0.469 e. The molecule has 112 valence electrons. The van der Waals surface area contributed by atoms with E-state index in [9.17, 15) is 19.2 Å². The third-order valence-corrected chi connectivity index (χ3v) is 3.80. The van der Waals surface area contributed by atoms with E-state index < -0.39 is 0 Å². The molecule has 0 spiro atoms. The van der Waals surface area contributed by atoms with E-state index in [-0.39, 0.29) is 35.6 Å². The Labute approximate surface area is 117 Å². The monoisotopic (exact) mass is 284 g/mol. The summed E-state index contributed by atoms with van der Waals surface area (Å²) in [5.74, 6) is -0.190. The van der Waals surface area contributed by atoms with Gasteiger partial charge in [0.2, 0.25) is 0 Å². The number of hydrogen-bond donors (Lipinski definition) is 0. The van der Waals surface area contributed by atoms with Crippen LogP contribution < -0.4 is 0 Å². The Balaban J connectivity index is 0.000000200. The number of carbonyl (C=O) groups is 4. The molecule has 0 aromatic carbocycles. The molecule has 0 aliphatic heterocycles. The molecule has 6 heteroatoms. The van der Waals surface area contributed by atoms with Gasteiger partial charge in [0.15, 0.2) is 0 Å². The predicted molar refractivity (Wildman–Crippen MR) is 68.6 cm³/mol. The van der Waals surface area contributed by atoms with Crippen LogP contribution in [-0.4, -0.2) is 38.7 Å². The standard InChI is InChI=1S/2C7H10O3/c2*1-10-7(9)6-2-5(3-6)4-8/h2*4-6H,2-3H2,1H3. The van der Waals surface area contributed by atoms with E-state index in [0.717, 1.165) is 12.6 Å². The van der Waals surface area contributed by atoms with Gasteiger partial charge in [0.25, 0.3) is 0 Å². The normalized spacial score (nSPS) is 30.5. The minimum atomic E-state index is -0.182. The third-order valence-electron chi connectivity index (χ3n) is 3.80. The van der Waals surface area contributed by atoms with Crippen molar-refractivity contribution in [3.63, 3.8) is 0 Å². The summed E-state index contributed by atoms with van der Waals surface area (Å²) < 4.78 is 8.98. The zero-order valence-corrected chi connectivity index (χ0v) is 11.7. The number of ether oxygens (including phenoxy) is 2. The third kappa shape index (κ3) is 4.15. The lowest BCUT2D eigenvalue weighted by Gasteiger charge is -2.28. The second-order valence-corrected chi connectivity index (χ2v) is 5.18. The second-order valence-electron chi connectivity index (χ2n) is 5.18. The van der Waals surface area contributed by atoms with Crippen molar-refractivity contribution < 1.29 is 28.7 Å². The number of hydrogen-bond acceptors (Lipinski definition) is 6. The van der Waals surface area contributed by atoms with Gasteiger partial charge in [0.1, 0.15) is 12.6 Å². The minimum absolute atomic E-state index is 0.0137. The van der Waals surface area contributed by atoms with Crippen LogP contribution in [0.5, 0.6) is 0 Å². The molecule has 0 radical (unpaired) electrons. The molecule has 2 aliphatic rings. The molecule has 0 heterocycles. The molecule has 20 heavy (non-hydrogen) atoms. The Bertz CT molecular complexity index is 330. The van der Waals surface area contributed by atoms with Gasteiger partial charge in [-0.2, -0.15) is 0 Å². The molecule has 0 aromatic heterocycles. The molecule has 0 saturated heterocycles. The molecule has 0 amide bonds. The van der Waals surface area contributed by atoms with Crippen LogP contribution in [0.1, 0.15) is 25.7 Å². The van der Waals surface area contributed by atoms with E-state index in [1.807, 2.05) is 0 Å². The topological polar surface area (TPSA) is 86.7 Å². The van der Waals surface area contributed by atoms with E-state index >= 15 is 0 Å². The Morgan fingerprint density at radius 2 is 1.10 bits per heavy atom. The van der Waals surface area contributed by atoms with Crippen LogP contribution >= 0.6 is 0 Å². The van der Waals surface area contributed by atoms with E-state index in [1.54, 1.807) is 0 Å². The quantitative estimate of drug-likeness (QED) is 0.560. The molecule has 0 bridgehead atoms. The average molecular weight is 284 g/mol. The van der Waals surface area contributed by atoms with Gasteiger partial charge in [-0.3, -0.25) is 9.59 Å². The summed E-state index contributed by atoms with van der Waals surface area (Å²) in [5, 5.41) is 0. The van der Waals surface area contributed by atoms with Gasteiger partial charge in [-0.05, 0) is 25.7 Å². The highest BCUT2D eigenvalue weighted by Crippen LogP contribution is 2.33. The van der Waals surface area contributed by atoms with E-state index in [4.69, 9.17) is 0 Å². The highest BCUT2D eigenvalue weighted by molar-refractivity contribution is 5.76. The van der Waals surface area contributed by atoms with Gasteiger partial charge < -0.3 is 19.1 Å². The number of methoxy groups -OCH3 is 2. The molecule has 0 aromatic rings. The van der Waals surface area contributed by atoms with Crippen molar-refractivity contribution in [2.75, 3.05) is 14.2 Å². The van der Waals surface area contributed by atoms with Crippen molar-refractivity contribution in [2.45, 2.75) is 25.7 Å². The van der Waals surface area contributed by atoms with Gasteiger partial charge in [-0.1, -0.05) is 0 Å². The molecule has 0 N–H and O–H groups in total. The fourth-order valence-corrected chi connectivity index (χ4v) is 2.26. The van der Waals surface area contributed by atoms with E-state index in [0.29, 0.717) is 25.7 Å². The maximum Gasteiger partial charge on any atom is 0.308 e. The molecule has 2 aliphatic carbocycles. The maximum atomic E-state index is 10.7. The van der Waals surface area contributed by atoms with Crippen LogP contribution in [-0.2, 0) is 28.7 Å². The first-order chi connectivity index (χ1) is 9.55. The molecule has 0 atom stereocenters. The van der Waals surface area contributed by atoms with Crippen molar-refractivity contribution in [2.24, 2.45) is 23.7 Å². The van der Waals surface area contributed by atoms with Gasteiger partial charge >= 0.3 is 11.9 Å². The molecular weight excluding hydrogens is 264 g/mol. The molecule has 6 nitrogen and oxygen atoms in total. The first-order valence-corrected chi connectivity index (χ1v) is 6.61. The van der Waals surface area contributed by atoms with Crippen LogP contribution in [0.3, 0.4) is 0 Å². The Morgan fingerprint density at radius 1 is 0.800 bits per heavy atom. The Kier molecular flexibility index (Phi) is 6.35. The van der Waals surface area contributed by atoms with Crippen LogP contribution in [0.15, 0.2) is 0 Å². The first-order valence-electron chi connectivity index (χ1n) is 6.61. The smallest absolute Gasteiger partial charge is 0.308 e. The van der Waals surface area contributed by atoms with Crippen molar-refractivity contribution >= 4 is 24.5 Å². The zero-order chi connectivity index (χ0) is 15.1. The summed E-state index contributed by atoms with van der Waals surface area (Å²) in [5.41, 5.74) is 0. The van der Waals surface area contributed by atoms with Gasteiger partial charge in [0, 0.05) is 11.8 Å². The minimum Gasteiger partial charge on any atom is -0.469 e. The SMILES string of the molecule is COC(=O)C1CC(C=O)C1.COC(=O)C1CC(C=O)C1. The van der Waals surface area contributed by atoms with Crippen LogP contribution in [0.4, 0.5) is 0 Å². The van der Waals surface area contributed by atoms with Crippen molar-refractivity contribution in [1.82, 2.24) is 0 Å². The van der Waals surface area contributed by atoms with Gasteiger partial charge in [0.05, 0.1) is 26.1 Å². The van der Waals surface area contributed by atoms with Crippen LogP contribution in [0, 0.1) is 23.7 Å². The summed E-state index contributed by atoms with van der Waals surface area (Å²) in [6, 6.07) is 0. The number of carbonyl (C=O) groups excluding carboxylic acids is 4. The van der Waals surface area contributed by atoms with E-state index in [1.165, 1.54) is 14.2 Å². The second kappa shape index (κ2) is 7.77. The summed E-state index contributed by atoms with van der Waals surface area (Å²) in [6.45, 7) is 0. The highest BCUT2D eigenvalue weighted by atomic mass is 16.5. The lowest BCUT2D eigenvalue weighted by Crippen LogP contribution is -2.31. The summed E-state index contributed by atoms with van der Waals surface area (Å²) in [6.07, 6.45) is 4.51. The van der Waals surface area contributed by atoms with E-state index in [2.05, 4.69) is 9.47 Å². The lowest BCUT2D eigenvalue weighted by molar-refractivity contribution is -0.151. The van der Waals surface area contributed by atoms with Crippen molar-refractivity contribution in [1.29, 1.82) is 0 Å². The Hall–Kier alpha value is -1.72. The fourth-order valence-electron chi connectivity index (χ4n) is 2.26. The zero-order valence-electron chi connectivity index (χ0n) is 11.7. The molecule has 2 saturated carbocycles. The summed E-state index contributed by atoms with van der Waals surface area (Å²) in [4.78, 5) is 41.6. The lowest BCUT2D eigenvalue weighted by atomic mass is 9.76. The molecule has 0 unspecified atom stereocenters. The number of aldehydes is 2. The van der Waals surface area contributed by atoms with Crippen molar-refractivity contribution in [3.05, 3.63) is 0 Å². The van der Waals surface area contributed by atoms with Crippen LogP contribution in [0.25, 0.3) is 0 Å². The van der Waals surface area contributed by atoms with Crippen LogP contribution in [0.2, 0.25) is 0 Å². The maximum absolute atomic E-state index is 10.7. The molecule has 2 rings (SSSR count). The van der Waals surface area contributed by atoms with Gasteiger partial charge in [-0.15, -0.1) is 0 Å². The molecular formula is C14H20O6. The summed E-state index contributed by atoms with van der Waals surface area (Å²) >= 11 is 0. The fraction of sp³-hybridized carbons (Fsp3) is 0.714. The molecule has 2 fully saturated rings.